The second-order valence-electron chi connectivity index (χ2n) is 8.56. The zero-order valence-corrected chi connectivity index (χ0v) is 19.6. The second-order valence-corrected chi connectivity index (χ2v) is 8.56. The van der Waals surface area contributed by atoms with Crippen LogP contribution in [0.5, 0.6) is 0 Å². The first kappa shape index (κ1) is 22.3. The van der Waals surface area contributed by atoms with Gasteiger partial charge in [0.05, 0.1) is 17.9 Å². The van der Waals surface area contributed by atoms with Gasteiger partial charge >= 0.3 is 0 Å². The number of hydrogen-bond donors (Lipinski definition) is 1. The molecule has 7 heteroatoms. The van der Waals surface area contributed by atoms with Crippen LogP contribution in [0.15, 0.2) is 61.1 Å². The molecule has 0 aliphatic heterocycles. The third-order valence-electron chi connectivity index (χ3n) is 5.56. The summed E-state index contributed by atoms with van der Waals surface area (Å²) in [6.45, 7) is 10.0. The zero-order valence-electron chi connectivity index (χ0n) is 19.6. The first-order chi connectivity index (χ1) is 15.8. The van der Waals surface area contributed by atoms with Crippen molar-refractivity contribution >= 4 is 5.91 Å². The van der Waals surface area contributed by atoms with Crippen molar-refractivity contribution in [3.8, 4) is 16.8 Å². The Morgan fingerprint density at radius 1 is 0.939 bits per heavy atom. The van der Waals surface area contributed by atoms with Crippen LogP contribution < -0.4 is 5.32 Å². The summed E-state index contributed by atoms with van der Waals surface area (Å²) in [5, 5.41) is 11.7. The van der Waals surface area contributed by atoms with E-state index < -0.39 is 0 Å². The smallest absolute Gasteiger partial charge is 0.251 e. The maximum Gasteiger partial charge on any atom is 0.251 e. The van der Waals surface area contributed by atoms with Crippen molar-refractivity contribution in [2.75, 3.05) is 0 Å². The molecule has 2 heterocycles. The van der Waals surface area contributed by atoms with Crippen molar-refractivity contribution in [2.24, 2.45) is 0 Å². The highest BCUT2D eigenvalue weighted by Gasteiger charge is 2.19. The second kappa shape index (κ2) is 9.32. The number of amides is 1. The van der Waals surface area contributed by atoms with Crippen LogP contribution >= 0.6 is 0 Å². The lowest BCUT2D eigenvalue weighted by molar-refractivity contribution is 0.0939. The number of nitrogens with one attached hydrogen (secondary N) is 1. The van der Waals surface area contributed by atoms with Gasteiger partial charge < -0.3 is 5.32 Å². The average molecular weight is 441 g/mol. The molecule has 1 N–H and O–H groups in total. The fourth-order valence-electron chi connectivity index (χ4n) is 3.74. The van der Waals surface area contributed by atoms with Crippen molar-refractivity contribution in [3.05, 3.63) is 89.5 Å². The minimum atomic E-state index is -0.277. The summed E-state index contributed by atoms with van der Waals surface area (Å²) < 4.78 is 2.02. The van der Waals surface area contributed by atoms with E-state index in [1.807, 2.05) is 30.5 Å². The molecular formula is C26H28N6O. The predicted molar refractivity (Wildman–Crippen MR) is 128 cm³/mol. The van der Waals surface area contributed by atoms with E-state index in [0.29, 0.717) is 11.3 Å². The molecule has 2 aromatic heterocycles. The predicted octanol–water partition coefficient (Wildman–Crippen LogP) is 4.96. The number of aryl methyl sites for hydroxylation is 2. The third kappa shape index (κ3) is 4.82. The van der Waals surface area contributed by atoms with Crippen LogP contribution in [-0.4, -0.2) is 30.6 Å². The van der Waals surface area contributed by atoms with E-state index in [2.05, 4.69) is 76.6 Å². The molecule has 0 aliphatic rings. The molecule has 33 heavy (non-hydrogen) atoms. The quantitative estimate of drug-likeness (QED) is 0.458. The Labute approximate surface area is 193 Å². The van der Waals surface area contributed by atoms with E-state index in [-0.39, 0.29) is 17.9 Å². The number of nitrogens with zero attached hydrogens (tertiary/aromatic N) is 5. The summed E-state index contributed by atoms with van der Waals surface area (Å²) in [6, 6.07) is 13.9. The normalized spacial score (nSPS) is 12.1. The van der Waals surface area contributed by atoms with Crippen LogP contribution in [0.2, 0.25) is 0 Å². The first-order valence-corrected chi connectivity index (χ1v) is 11.0. The lowest BCUT2D eigenvalue weighted by atomic mass is 10.00. The molecular weight excluding hydrogens is 412 g/mol. The van der Waals surface area contributed by atoms with Gasteiger partial charge in [-0.2, -0.15) is 0 Å². The Hall–Kier alpha value is -3.87. The molecule has 2 aromatic carbocycles. The summed E-state index contributed by atoms with van der Waals surface area (Å²) >= 11 is 0. The van der Waals surface area contributed by atoms with E-state index in [4.69, 9.17) is 0 Å². The Morgan fingerprint density at radius 2 is 1.70 bits per heavy atom. The number of benzene rings is 2. The number of hydrogen-bond acceptors (Lipinski definition) is 5. The topological polar surface area (TPSA) is 85.6 Å². The van der Waals surface area contributed by atoms with E-state index in [9.17, 15) is 4.79 Å². The number of carbonyl (C=O) groups is 1. The molecule has 4 rings (SSSR count). The van der Waals surface area contributed by atoms with Crippen LogP contribution in [-0.2, 0) is 0 Å². The summed E-state index contributed by atoms with van der Waals surface area (Å²) in [6.07, 6.45) is 4.90. The van der Waals surface area contributed by atoms with Gasteiger partial charge in [0.15, 0.2) is 0 Å². The minimum absolute atomic E-state index is 0.180. The van der Waals surface area contributed by atoms with Crippen molar-refractivity contribution < 1.29 is 4.79 Å². The Bertz CT molecular complexity index is 1260. The van der Waals surface area contributed by atoms with Crippen molar-refractivity contribution in [1.82, 2.24) is 30.0 Å². The zero-order chi connectivity index (χ0) is 23.5. The fraction of sp³-hybridized carbons (Fsp3) is 0.269. The van der Waals surface area contributed by atoms with Crippen LogP contribution in [0.4, 0.5) is 0 Å². The Balaban J connectivity index is 1.79. The monoisotopic (exact) mass is 440 g/mol. The van der Waals surface area contributed by atoms with E-state index in [1.165, 1.54) is 5.56 Å². The standard InChI is InChI=1S/C26H28N6O/c1-16(2)25-31-30-19(5)32(25)23-13-21(20-8-6-17(3)7-9-20)12-22(14-23)26(33)29-18(4)24-15-27-10-11-28-24/h6-16,18H,1-5H3,(H,29,33). The lowest BCUT2D eigenvalue weighted by Gasteiger charge is -2.17. The Kier molecular flexibility index (Phi) is 6.31. The van der Waals surface area contributed by atoms with Crippen molar-refractivity contribution in [3.63, 3.8) is 0 Å². The third-order valence-corrected chi connectivity index (χ3v) is 5.56. The van der Waals surface area contributed by atoms with Gasteiger partial charge in [0.2, 0.25) is 0 Å². The molecule has 0 aliphatic carbocycles. The number of rotatable bonds is 6. The lowest BCUT2D eigenvalue weighted by Crippen LogP contribution is -2.27. The molecule has 1 unspecified atom stereocenters. The van der Waals surface area contributed by atoms with Gasteiger partial charge in [0.1, 0.15) is 11.6 Å². The summed E-state index contributed by atoms with van der Waals surface area (Å²) in [4.78, 5) is 21.7. The van der Waals surface area contributed by atoms with Crippen molar-refractivity contribution in [1.29, 1.82) is 0 Å². The van der Waals surface area contributed by atoms with Gasteiger partial charge in [-0.1, -0.05) is 43.7 Å². The van der Waals surface area contributed by atoms with Gasteiger partial charge in [-0.25, -0.2) is 0 Å². The number of aromatic nitrogens is 5. The fourth-order valence-corrected chi connectivity index (χ4v) is 3.74. The molecule has 0 bridgehead atoms. The van der Waals surface area contributed by atoms with E-state index >= 15 is 0 Å². The largest absolute Gasteiger partial charge is 0.344 e. The van der Waals surface area contributed by atoms with E-state index in [1.54, 1.807) is 18.6 Å². The highest BCUT2D eigenvalue weighted by Crippen LogP contribution is 2.28. The van der Waals surface area contributed by atoms with Crippen molar-refractivity contribution in [2.45, 2.75) is 46.6 Å². The molecule has 0 saturated heterocycles. The molecule has 0 radical (unpaired) electrons. The molecule has 1 atom stereocenters. The van der Waals surface area contributed by atoms with Gasteiger partial charge in [-0.3, -0.25) is 19.3 Å². The first-order valence-electron chi connectivity index (χ1n) is 11.0. The molecule has 7 nitrogen and oxygen atoms in total. The maximum absolute atomic E-state index is 13.3. The summed E-state index contributed by atoms with van der Waals surface area (Å²) in [5.41, 5.74) is 5.29. The molecule has 0 spiro atoms. The minimum Gasteiger partial charge on any atom is -0.344 e. The van der Waals surface area contributed by atoms with Crippen LogP contribution in [0.1, 0.15) is 66.0 Å². The van der Waals surface area contributed by atoms with Crippen LogP contribution in [0.25, 0.3) is 16.8 Å². The molecule has 168 valence electrons. The highest BCUT2D eigenvalue weighted by atomic mass is 16.1. The summed E-state index contributed by atoms with van der Waals surface area (Å²) in [5.74, 6) is 1.63. The molecule has 0 fully saturated rings. The summed E-state index contributed by atoms with van der Waals surface area (Å²) in [7, 11) is 0. The number of carbonyl (C=O) groups excluding carboxylic acids is 1. The molecule has 4 aromatic rings. The van der Waals surface area contributed by atoms with E-state index in [0.717, 1.165) is 28.5 Å². The van der Waals surface area contributed by atoms with Gasteiger partial charge in [0, 0.05) is 29.6 Å². The SMILES string of the molecule is Cc1ccc(-c2cc(C(=O)NC(C)c3cnccn3)cc(-n3c(C)nnc3C(C)C)c2)cc1. The molecule has 0 saturated carbocycles. The van der Waals surface area contributed by atoms with Crippen LogP contribution in [0.3, 0.4) is 0 Å². The Morgan fingerprint density at radius 3 is 2.36 bits per heavy atom. The maximum atomic E-state index is 13.3. The average Bonchev–Trinajstić information content (AvgIpc) is 3.21. The van der Waals surface area contributed by atoms with Gasteiger partial charge in [-0.05, 0) is 50.1 Å². The highest BCUT2D eigenvalue weighted by molar-refractivity contribution is 5.96. The van der Waals surface area contributed by atoms with Gasteiger partial charge in [-0.15, -0.1) is 10.2 Å². The van der Waals surface area contributed by atoms with Gasteiger partial charge in [0.25, 0.3) is 5.91 Å². The molecule has 1 amide bonds. The van der Waals surface area contributed by atoms with Crippen LogP contribution in [0, 0.1) is 13.8 Å².